The number of hydrogen-bond acceptors (Lipinski definition) is 5. The maximum atomic E-state index is 13.5. The molecular weight excluding hydrogens is 408 g/mol. The number of amides is 1. The fourth-order valence-corrected chi connectivity index (χ4v) is 4.13. The van der Waals surface area contributed by atoms with Crippen LogP contribution in [-0.4, -0.2) is 53.1 Å². The zero-order valence-corrected chi connectivity index (χ0v) is 18.5. The Hall–Kier alpha value is -3.35. The summed E-state index contributed by atoms with van der Waals surface area (Å²) in [6.07, 6.45) is 1.21. The molecule has 0 saturated heterocycles. The van der Waals surface area contributed by atoms with E-state index in [0.29, 0.717) is 18.5 Å². The summed E-state index contributed by atoms with van der Waals surface area (Å²) in [5, 5.41) is 13.0. The molecule has 1 aliphatic heterocycles. The van der Waals surface area contributed by atoms with Crippen LogP contribution >= 0.6 is 0 Å². The third-order valence-corrected chi connectivity index (χ3v) is 5.91. The van der Waals surface area contributed by atoms with Crippen LogP contribution in [-0.2, 0) is 32.0 Å². The zero-order valence-electron chi connectivity index (χ0n) is 18.5. The van der Waals surface area contributed by atoms with Crippen molar-refractivity contribution in [2.75, 3.05) is 25.0 Å². The number of aryl methyl sites for hydroxylation is 1. The van der Waals surface area contributed by atoms with Crippen molar-refractivity contribution in [3.05, 3.63) is 65.7 Å². The predicted molar refractivity (Wildman–Crippen MR) is 121 cm³/mol. The molecule has 0 saturated carbocycles. The van der Waals surface area contributed by atoms with Crippen molar-refractivity contribution in [1.29, 1.82) is 0 Å². The van der Waals surface area contributed by atoms with E-state index in [1.54, 1.807) is 26.0 Å². The number of rotatable bonds is 10. The molecule has 1 amide bonds. The molecule has 7 nitrogen and oxygen atoms in total. The van der Waals surface area contributed by atoms with Crippen LogP contribution in [0.3, 0.4) is 0 Å². The number of carbonyl (C=O) groups excluding carboxylic acids is 2. The summed E-state index contributed by atoms with van der Waals surface area (Å²) in [6.45, 7) is 4.17. The largest absolute Gasteiger partial charge is 0.479 e. The standard InChI is InChI=1S/C25H30N2O5/c1-3-27(17-20(22(28)32-4-2)15-14-18-10-6-5-7-11-18)23(29)25(24(30)31)16-19-12-8-9-13-21(19)26-25/h5-13,20,26H,3-4,14-17H2,1-2H3,(H,30,31)/t20-,25?/m1/s1. The number of anilines is 1. The van der Waals surface area contributed by atoms with Gasteiger partial charge in [0.2, 0.25) is 5.54 Å². The molecule has 1 aliphatic rings. The molecule has 0 aromatic heterocycles. The minimum atomic E-state index is -1.78. The minimum Gasteiger partial charge on any atom is -0.479 e. The van der Waals surface area contributed by atoms with Crippen LogP contribution in [0.4, 0.5) is 5.69 Å². The lowest BCUT2D eigenvalue weighted by atomic mass is 9.92. The summed E-state index contributed by atoms with van der Waals surface area (Å²) in [7, 11) is 0. The summed E-state index contributed by atoms with van der Waals surface area (Å²) < 4.78 is 5.26. The van der Waals surface area contributed by atoms with Gasteiger partial charge in [-0.05, 0) is 43.9 Å². The van der Waals surface area contributed by atoms with Gasteiger partial charge in [-0.15, -0.1) is 0 Å². The first-order valence-electron chi connectivity index (χ1n) is 11.0. The van der Waals surface area contributed by atoms with Gasteiger partial charge in [0.15, 0.2) is 0 Å². The number of carbonyl (C=O) groups is 3. The highest BCUT2D eigenvalue weighted by molar-refractivity contribution is 6.11. The van der Waals surface area contributed by atoms with Crippen molar-refractivity contribution < 1.29 is 24.2 Å². The fraction of sp³-hybridized carbons (Fsp3) is 0.400. The molecule has 0 fully saturated rings. The van der Waals surface area contributed by atoms with Crippen LogP contribution in [0, 0.1) is 5.92 Å². The zero-order chi connectivity index (χ0) is 23.1. The van der Waals surface area contributed by atoms with Gasteiger partial charge in [-0.2, -0.15) is 0 Å². The number of fused-ring (bicyclic) bond motifs is 1. The lowest BCUT2D eigenvalue weighted by Crippen LogP contribution is -2.59. The Morgan fingerprint density at radius 1 is 1.09 bits per heavy atom. The van der Waals surface area contributed by atoms with Crippen molar-refractivity contribution in [2.24, 2.45) is 5.92 Å². The lowest BCUT2D eigenvalue weighted by molar-refractivity contribution is -0.153. The summed E-state index contributed by atoms with van der Waals surface area (Å²) >= 11 is 0. The molecule has 7 heteroatoms. The SMILES string of the molecule is CCOC(=O)[C@H](CCc1ccccc1)CN(CC)C(=O)C1(C(=O)O)Cc2ccccc2N1. The van der Waals surface area contributed by atoms with E-state index in [1.807, 2.05) is 42.5 Å². The van der Waals surface area contributed by atoms with Crippen LogP contribution in [0.25, 0.3) is 0 Å². The van der Waals surface area contributed by atoms with Crippen molar-refractivity contribution >= 4 is 23.5 Å². The Bertz CT molecular complexity index is 935. The van der Waals surface area contributed by atoms with Gasteiger partial charge in [-0.25, -0.2) is 4.79 Å². The summed E-state index contributed by atoms with van der Waals surface area (Å²) in [6, 6.07) is 17.0. The van der Waals surface area contributed by atoms with E-state index in [2.05, 4.69) is 5.32 Å². The number of ether oxygens (including phenoxy) is 1. The molecule has 0 spiro atoms. The van der Waals surface area contributed by atoms with Gasteiger partial charge >= 0.3 is 11.9 Å². The van der Waals surface area contributed by atoms with Gasteiger partial charge in [0.05, 0.1) is 12.5 Å². The Morgan fingerprint density at radius 2 is 1.78 bits per heavy atom. The van der Waals surface area contributed by atoms with Crippen LogP contribution in [0.5, 0.6) is 0 Å². The van der Waals surface area contributed by atoms with Crippen LogP contribution in [0.1, 0.15) is 31.4 Å². The average molecular weight is 439 g/mol. The van der Waals surface area contributed by atoms with Crippen LogP contribution in [0.2, 0.25) is 0 Å². The molecular formula is C25H30N2O5. The van der Waals surface area contributed by atoms with E-state index in [-0.39, 0.29) is 32.1 Å². The summed E-state index contributed by atoms with van der Waals surface area (Å²) in [5.74, 6) is -2.69. The number of benzene rings is 2. The van der Waals surface area contributed by atoms with Gasteiger partial charge in [-0.3, -0.25) is 9.59 Å². The first-order chi connectivity index (χ1) is 15.4. The van der Waals surface area contributed by atoms with Crippen molar-refractivity contribution in [1.82, 2.24) is 4.90 Å². The highest BCUT2D eigenvalue weighted by Crippen LogP contribution is 2.34. The molecule has 2 aromatic carbocycles. The molecule has 1 unspecified atom stereocenters. The number of carboxylic acid groups (broad SMARTS) is 1. The van der Waals surface area contributed by atoms with E-state index in [4.69, 9.17) is 4.74 Å². The fourth-order valence-electron chi connectivity index (χ4n) is 4.13. The predicted octanol–water partition coefficient (Wildman–Crippen LogP) is 3.14. The third-order valence-electron chi connectivity index (χ3n) is 5.91. The smallest absolute Gasteiger partial charge is 0.339 e. The molecule has 0 bridgehead atoms. The second-order valence-electron chi connectivity index (χ2n) is 7.99. The number of esters is 1. The minimum absolute atomic E-state index is 0.0575. The van der Waals surface area contributed by atoms with Gasteiger partial charge in [0.25, 0.3) is 5.91 Å². The summed E-state index contributed by atoms with van der Waals surface area (Å²) in [4.78, 5) is 39.9. The number of nitrogens with one attached hydrogen (secondary N) is 1. The van der Waals surface area contributed by atoms with E-state index in [0.717, 1.165) is 11.1 Å². The Labute approximate surface area is 188 Å². The highest BCUT2D eigenvalue weighted by atomic mass is 16.5. The normalized spacial score (nSPS) is 17.7. The molecule has 2 N–H and O–H groups in total. The number of nitrogens with zero attached hydrogens (tertiary/aromatic N) is 1. The van der Waals surface area contributed by atoms with Gasteiger partial charge < -0.3 is 20.1 Å². The maximum Gasteiger partial charge on any atom is 0.339 e. The molecule has 0 aliphatic carbocycles. The first-order valence-corrected chi connectivity index (χ1v) is 11.0. The second kappa shape index (κ2) is 10.3. The molecule has 1 heterocycles. The number of hydrogen-bond donors (Lipinski definition) is 2. The van der Waals surface area contributed by atoms with Gasteiger partial charge in [0.1, 0.15) is 0 Å². The second-order valence-corrected chi connectivity index (χ2v) is 7.99. The lowest BCUT2D eigenvalue weighted by Gasteiger charge is -2.33. The van der Waals surface area contributed by atoms with Gasteiger partial charge in [-0.1, -0.05) is 48.5 Å². The Balaban J connectivity index is 1.79. The number of carboxylic acids is 1. The monoisotopic (exact) mass is 438 g/mol. The molecule has 2 atom stereocenters. The number of aliphatic carboxylic acids is 1. The van der Waals surface area contributed by atoms with E-state index >= 15 is 0 Å². The molecule has 0 radical (unpaired) electrons. The third kappa shape index (κ3) is 4.93. The van der Waals surface area contributed by atoms with Crippen LogP contribution < -0.4 is 5.32 Å². The Morgan fingerprint density at radius 3 is 2.41 bits per heavy atom. The molecule has 3 rings (SSSR count). The topological polar surface area (TPSA) is 95.9 Å². The highest BCUT2D eigenvalue weighted by Gasteiger charge is 2.52. The number of para-hydroxylation sites is 1. The van der Waals surface area contributed by atoms with Crippen molar-refractivity contribution in [3.63, 3.8) is 0 Å². The molecule has 32 heavy (non-hydrogen) atoms. The number of likely N-dealkylation sites (N-methyl/N-ethyl adjacent to an activating group) is 1. The van der Waals surface area contributed by atoms with E-state index < -0.39 is 23.3 Å². The quantitative estimate of drug-likeness (QED) is 0.437. The van der Waals surface area contributed by atoms with E-state index in [1.165, 1.54) is 4.90 Å². The molecule has 170 valence electrons. The maximum absolute atomic E-state index is 13.5. The van der Waals surface area contributed by atoms with Gasteiger partial charge in [0, 0.05) is 25.2 Å². The van der Waals surface area contributed by atoms with Crippen molar-refractivity contribution in [3.8, 4) is 0 Å². The first kappa shape index (κ1) is 23.3. The molecule has 2 aromatic rings. The van der Waals surface area contributed by atoms with Crippen LogP contribution in [0.15, 0.2) is 54.6 Å². The Kier molecular flexibility index (Phi) is 7.51. The van der Waals surface area contributed by atoms with Crippen molar-refractivity contribution in [2.45, 2.75) is 38.6 Å². The van der Waals surface area contributed by atoms with E-state index in [9.17, 15) is 19.5 Å². The average Bonchev–Trinajstić information content (AvgIpc) is 3.21. The summed E-state index contributed by atoms with van der Waals surface area (Å²) in [5.41, 5.74) is 0.736.